The SMILES string of the molecule is CSc1cccc(C(=O)NCl)c1COc1ccn(C)n1. The maximum atomic E-state index is 11.8. The number of carbonyl (C=O) groups is 1. The molecule has 1 N–H and O–H groups in total. The van der Waals surface area contributed by atoms with Crippen LogP contribution >= 0.6 is 23.5 Å². The number of aromatic nitrogens is 2. The third kappa shape index (κ3) is 3.26. The molecule has 0 aliphatic heterocycles. The summed E-state index contributed by atoms with van der Waals surface area (Å²) in [6.07, 6.45) is 3.74. The fourth-order valence-corrected chi connectivity index (χ4v) is 2.52. The van der Waals surface area contributed by atoms with Crippen LogP contribution in [0, 0.1) is 0 Å². The molecular formula is C13H14ClN3O2S. The van der Waals surface area contributed by atoms with Crippen molar-refractivity contribution in [1.82, 2.24) is 14.6 Å². The average molecular weight is 312 g/mol. The molecule has 0 bridgehead atoms. The molecule has 1 amide bonds. The van der Waals surface area contributed by atoms with E-state index < -0.39 is 0 Å². The summed E-state index contributed by atoms with van der Waals surface area (Å²) < 4.78 is 7.28. The second kappa shape index (κ2) is 6.67. The summed E-state index contributed by atoms with van der Waals surface area (Å²) >= 11 is 6.96. The van der Waals surface area contributed by atoms with Crippen molar-refractivity contribution in [2.75, 3.05) is 6.26 Å². The van der Waals surface area contributed by atoms with Gasteiger partial charge in [-0.15, -0.1) is 16.9 Å². The van der Waals surface area contributed by atoms with Crippen molar-refractivity contribution in [3.05, 3.63) is 41.6 Å². The number of nitrogens with zero attached hydrogens (tertiary/aromatic N) is 2. The van der Waals surface area contributed by atoms with Crippen LogP contribution in [-0.2, 0) is 13.7 Å². The molecule has 20 heavy (non-hydrogen) atoms. The van der Waals surface area contributed by atoms with Crippen molar-refractivity contribution in [3.8, 4) is 5.88 Å². The Labute approximate surface area is 126 Å². The van der Waals surface area contributed by atoms with Crippen LogP contribution in [0.1, 0.15) is 15.9 Å². The zero-order valence-corrected chi connectivity index (χ0v) is 12.7. The molecule has 7 heteroatoms. The van der Waals surface area contributed by atoms with Gasteiger partial charge in [0.05, 0.1) is 0 Å². The zero-order chi connectivity index (χ0) is 14.5. The van der Waals surface area contributed by atoms with Crippen molar-refractivity contribution in [3.63, 3.8) is 0 Å². The fourth-order valence-electron chi connectivity index (χ4n) is 1.79. The molecule has 5 nitrogen and oxygen atoms in total. The molecule has 2 aromatic rings. The molecule has 1 aromatic carbocycles. The summed E-state index contributed by atoms with van der Waals surface area (Å²) in [5.41, 5.74) is 1.30. The number of rotatable bonds is 5. The van der Waals surface area contributed by atoms with Gasteiger partial charge in [-0.2, -0.15) is 0 Å². The molecule has 1 heterocycles. The highest BCUT2D eigenvalue weighted by atomic mass is 35.5. The van der Waals surface area contributed by atoms with Crippen LogP contribution in [0.3, 0.4) is 0 Å². The Bertz CT molecular complexity index is 615. The van der Waals surface area contributed by atoms with Crippen LogP contribution in [0.2, 0.25) is 0 Å². The Kier molecular flexibility index (Phi) is 4.92. The van der Waals surface area contributed by atoms with Gasteiger partial charge < -0.3 is 4.74 Å². The van der Waals surface area contributed by atoms with Crippen LogP contribution in [0.25, 0.3) is 0 Å². The van der Waals surface area contributed by atoms with Gasteiger partial charge in [0.1, 0.15) is 6.61 Å². The van der Waals surface area contributed by atoms with Crippen molar-refractivity contribution >= 4 is 29.4 Å². The Morgan fingerprint density at radius 1 is 1.50 bits per heavy atom. The first-order valence-corrected chi connectivity index (χ1v) is 7.45. The summed E-state index contributed by atoms with van der Waals surface area (Å²) in [7, 11) is 1.81. The fraction of sp³-hybridized carbons (Fsp3) is 0.231. The monoisotopic (exact) mass is 311 g/mol. The lowest BCUT2D eigenvalue weighted by atomic mass is 10.1. The molecule has 0 spiro atoms. The van der Waals surface area contributed by atoms with Crippen LogP contribution in [0.4, 0.5) is 0 Å². The van der Waals surface area contributed by atoms with Gasteiger partial charge in [-0.25, -0.2) is 0 Å². The predicted octanol–water partition coefficient (Wildman–Crippen LogP) is 2.60. The molecule has 2 rings (SSSR count). The number of nitrogens with one attached hydrogen (secondary N) is 1. The highest BCUT2D eigenvalue weighted by Gasteiger charge is 2.15. The molecule has 1 aromatic heterocycles. The van der Waals surface area contributed by atoms with Crippen molar-refractivity contribution in [2.24, 2.45) is 7.05 Å². The van der Waals surface area contributed by atoms with Gasteiger partial charge in [-0.3, -0.25) is 14.3 Å². The minimum atomic E-state index is -0.345. The number of amides is 1. The molecule has 0 aliphatic rings. The van der Waals surface area contributed by atoms with Gasteiger partial charge in [0.25, 0.3) is 5.91 Å². The van der Waals surface area contributed by atoms with E-state index in [1.807, 2.05) is 25.4 Å². The molecule has 0 saturated heterocycles. The van der Waals surface area contributed by atoms with E-state index in [1.165, 1.54) is 0 Å². The number of thioether (sulfide) groups is 1. The van der Waals surface area contributed by atoms with Crippen molar-refractivity contribution in [1.29, 1.82) is 0 Å². The summed E-state index contributed by atoms with van der Waals surface area (Å²) in [6, 6.07) is 7.24. The third-order valence-electron chi connectivity index (χ3n) is 2.74. The van der Waals surface area contributed by atoms with E-state index in [4.69, 9.17) is 16.5 Å². The first kappa shape index (κ1) is 14.7. The van der Waals surface area contributed by atoms with E-state index in [0.717, 1.165) is 10.5 Å². The van der Waals surface area contributed by atoms with Gasteiger partial charge >= 0.3 is 0 Å². The first-order chi connectivity index (χ1) is 9.65. The van der Waals surface area contributed by atoms with E-state index in [0.29, 0.717) is 11.4 Å². The highest BCUT2D eigenvalue weighted by molar-refractivity contribution is 7.98. The lowest BCUT2D eigenvalue weighted by Crippen LogP contribution is -2.16. The Hall–Kier alpha value is -1.66. The lowest BCUT2D eigenvalue weighted by molar-refractivity contribution is 0.0979. The second-order valence-electron chi connectivity index (χ2n) is 4.03. The number of hydrogen-bond donors (Lipinski definition) is 1. The maximum Gasteiger partial charge on any atom is 0.266 e. The van der Waals surface area contributed by atoms with Gasteiger partial charge in [-0.05, 0) is 18.4 Å². The van der Waals surface area contributed by atoms with Gasteiger partial charge in [-0.1, -0.05) is 6.07 Å². The molecule has 0 saturated carbocycles. The quantitative estimate of drug-likeness (QED) is 0.681. The Balaban J connectivity index is 2.26. The van der Waals surface area contributed by atoms with Crippen molar-refractivity contribution < 1.29 is 9.53 Å². The number of halogens is 1. The van der Waals surface area contributed by atoms with Gasteiger partial charge in [0.15, 0.2) is 0 Å². The van der Waals surface area contributed by atoms with E-state index in [-0.39, 0.29) is 12.5 Å². The second-order valence-corrected chi connectivity index (χ2v) is 5.06. The summed E-state index contributed by atoms with van der Waals surface area (Å²) in [5.74, 6) is 0.169. The van der Waals surface area contributed by atoms with Gasteiger partial charge in [0.2, 0.25) is 5.88 Å². The Morgan fingerprint density at radius 2 is 2.30 bits per heavy atom. The highest BCUT2D eigenvalue weighted by Crippen LogP contribution is 2.25. The van der Waals surface area contributed by atoms with E-state index >= 15 is 0 Å². The number of hydrogen-bond acceptors (Lipinski definition) is 4. The van der Waals surface area contributed by atoms with Crippen LogP contribution in [0.15, 0.2) is 35.4 Å². The van der Waals surface area contributed by atoms with Crippen LogP contribution in [-0.4, -0.2) is 21.9 Å². The normalized spacial score (nSPS) is 10.3. The molecule has 0 aliphatic carbocycles. The van der Waals surface area contributed by atoms with Crippen molar-refractivity contribution in [2.45, 2.75) is 11.5 Å². The topological polar surface area (TPSA) is 56.1 Å². The number of ether oxygens (including phenoxy) is 1. The number of carbonyl (C=O) groups excluding carboxylic acids is 1. The molecule has 0 unspecified atom stereocenters. The van der Waals surface area contributed by atoms with E-state index in [1.54, 1.807) is 34.8 Å². The summed E-state index contributed by atoms with van der Waals surface area (Å²) in [5, 5.41) is 4.14. The lowest BCUT2D eigenvalue weighted by Gasteiger charge is -2.12. The van der Waals surface area contributed by atoms with Crippen LogP contribution < -0.4 is 9.57 Å². The molecule has 106 valence electrons. The zero-order valence-electron chi connectivity index (χ0n) is 11.1. The predicted molar refractivity (Wildman–Crippen MR) is 79.1 cm³/mol. The van der Waals surface area contributed by atoms with E-state index in [9.17, 15) is 4.79 Å². The van der Waals surface area contributed by atoms with Crippen LogP contribution in [0.5, 0.6) is 5.88 Å². The maximum absolute atomic E-state index is 11.8. The average Bonchev–Trinajstić information content (AvgIpc) is 2.89. The van der Waals surface area contributed by atoms with E-state index in [2.05, 4.69) is 9.93 Å². The third-order valence-corrected chi connectivity index (χ3v) is 3.73. The standard InChI is InChI=1S/C13H14ClN3O2S/c1-17-7-6-12(16-17)19-8-10-9(13(18)15-14)4-3-5-11(10)20-2/h3-7H,8H2,1-2H3,(H,15,18). The number of benzene rings is 1. The summed E-state index contributed by atoms with van der Waals surface area (Å²) in [6.45, 7) is 0.258. The van der Waals surface area contributed by atoms with Gasteiger partial charge in [0, 0.05) is 47.1 Å². The molecular weight excluding hydrogens is 298 g/mol. The minimum absolute atomic E-state index is 0.258. The minimum Gasteiger partial charge on any atom is -0.472 e. The number of aryl methyl sites for hydroxylation is 1. The largest absolute Gasteiger partial charge is 0.472 e. The summed E-state index contributed by atoms with van der Waals surface area (Å²) in [4.78, 5) is 14.9. The molecule has 0 atom stereocenters. The smallest absolute Gasteiger partial charge is 0.266 e. The molecule has 0 fully saturated rings. The molecule has 0 radical (unpaired) electrons. The Morgan fingerprint density at radius 3 is 2.90 bits per heavy atom. The first-order valence-electron chi connectivity index (χ1n) is 5.85.